The summed E-state index contributed by atoms with van der Waals surface area (Å²) in [5, 5.41) is 11.5. The molecule has 2 aliphatic heterocycles. The van der Waals surface area contributed by atoms with Crippen molar-refractivity contribution in [3.05, 3.63) is 64.7 Å². The summed E-state index contributed by atoms with van der Waals surface area (Å²) in [5.41, 5.74) is 1.92. The van der Waals surface area contributed by atoms with E-state index in [4.69, 9.17) is 0 Å². The summed E-state index contributed by atoms with van der Waals surface area (Å²) in [5.74, 6) is -0.615. The van der Waals surface area contributed by atoms with Crippen LogP contribution in [0.4, 0.5) is 5.69 Å². The predicted octanol–water partition coefficient (Wildman–Crippen LogP) is 3.55. The van der Waals surface area contributed by atoms with Crippen LogP contribution in [0.2, 0.25) is 0 Å². The van der Waals surface area contributed by atoms with Gasteiger partial charge in [0.2, 0.25) is 0 Å². The molecule has 1 saturated heterocycles. The van der Waals surface area contributed by atoms with Crippen molar-refractivity contribution in [3.63, 3.8) is 0 Å². The van der Waals surface area contributed by atoms with Crippen LogP contribution in [0.3, 0.4) is 0 Å². The molecule has 0 bridgehead atoms. The van der Waals surface area contributed by atoms with Gasteiger partial charge < -0.3 is 5.11 Å². The lowest BCUT2D eigenvalue weighted by Gasteiger charge is -2.31. The van der Waals surface area contributed by atoms with Crippen LogP contribution in [0.25, 0.3) is 0 Å². The summed E-state index contributed by atoms with van der Waals surface area (Å²) in [6, 6.07) is 12.9. The maximum absolute atomic E-state index is 13.4. The molecule has 5 nitrogen and oxygen atoms in total. The Morgan fingerprint density at radius 2 is 1.79 bits per heavy atom. The Kier molecular flexibility index (Phi) is 5.28. The van der Waals surface area contributed by atoms with E-state index >= 15 is 0 Å². The van der Waals surface area contributed by atoms with E-state index in [0.717, 1.165) is 37.1 Å². The fourth-order valence-electron chi connectivity index (χ4n) is 4.57. The molecule has 0 aliphatic carbocycles. The maximum Gasteiger partial charge on any atom is 0.265 e. The van der Waals surface area contributed by atoms with Crippen LogP contribution in [0.5, 0.6) is 0 Å². The number of carbonyl (C=O) groups is 2. The van der Waals surface area contributed by atoms with Crippen molar-refractivity contribution in [2.45, 2.75) is 45.1 Å². The lowest BCUT2D eigenvalue weighted by molar-refractivity contribution is -0.136. The van der Waals surface area contributed by atoms with Gasteiger partial charge in [0.1, 0.15) is 0 Å². The highest BCUT2D eigenvalue weighted by atomic mass is 16.3. The number of aliphatic hydroxyl groups is 1. The summed E-state index contributed by atoms with van der Waals surface area (Å²) in [7, 11) is 0. The summed E-state index contributed by atoms with van der Waals surface area (Å²) in [6.45, 7) is 6.22. The molecule has 0 aromatic heterocycles. The lowest BCUT2D eigenvalue weighted by atomic mass is 9.87. The zero-order chi connectivity index (χ0) is 20.6. The van der Waals surface area contributed by atoms with E-state index in [1.54, 1.807) is 17.0 Å². The Morgan fingerprint density at radius 1 is 1.07 bits per heavy atom. The molecule has 0 saturated carbocycles. The van der Waals surface area contributed by atoms with Crippen molar-refractivity contribution in [2.75, 3.05) is 24.7 Å². The van der Waals surface area contributed by atoms with Gasteiger partial charge in [0.25, 0.3) is 5.91 Å². The van der Waals surface area contributed by atoms with Crippen molar-refractivity contribution in [1.82, 2.24) is 4.90 Å². The molecule has 1 atom stereocenters. The second-order valence-electron chi connectivity index (χ2n) is 8.35. The summed E-state index contributed by atoms with van der Waals surface area (Å²) in [6.07, 6.45) is 3.22. The highest BCUT2D eigenvalue weighted by Crippen LogP contribution is 2.43. The number of ketones is 1. The fraction of sp³-hybridized carbons (Fsp3) is 0.417. The normalized spacial score (nSPS) is 22.0. The Bertz CT molecular complexity index is 949. The van der Waals surface area contributed by atoms with Crippen molar-refractivity contribution >= 4 is 17.4 Å². The molecule has 0 spiro atoms. The number of hydrogen-bond acceptors (Lipinski definition) is 4. The molecule has 2 aromatic rings. The molecule has 0 radical (unpaired) electrons. The zero-order valence-electron chi connectivity index (χ0n) is 17.1. The number of aryl methyl sites for hydroxylation is 2. The fourth-order valence-corrected chi connectivity index (χ4v) is 4.57. The number of amides is 1. The monoisotopic (exact) mass is 392 g/mol. The molecular formula is C24H28N2O3. The maximum atomic E-state index is 13.4. The van der Waals surface area contributed by atoms with E-state index in [1.165, 1.54) is 6.42 Å². The third-order valence-corrected chi connectivity index (χ3v) is 6.13. The summed E-state index contributed by atoms with van der Waals surface area (Å²) >= 11 is 0. The Labute approximate surface area is 171 Å². The first-order chi connectivity index (χ1) is 13.9. The van der Waals surface area contributed by atoms with Gasteiger partial charge in [-0.2, -0.15) is 0 Å². The van der Waals surface area contributed by atoms with Gasteiger partial charge in [0.15, 0.2) is 11.4 Å². The second kappa shape index (κ2) is 7.73. The van der Waals surface area contributed by atoms with Crippen LogP contribution in [-0.4, -0.2) is 41.5 Å². The third-order valence-electron chi connectivity index (χ3n) is 6.13. The number of carbonyl (C=O) groups excluding carboxylic acids is 2. The number of likely N-dealkylation sites (tertiary alicyclic amines) is 1. The van der Waals surface area contributed by atoms with Crippen LogP contribution >= 0.6 is 0 Å². The quantitative estimate of drug-likeness (QED) is 0.791. The standard InChI is InChI=1S/C24H28N2O3/c1-17-10-11-19(18(2)14-17)22(27)15-24(29)20-8-4-5-9-21(20)26(23(24)28)16-25-12-6-3-7-13-25/h4-5,8-11,14,29H,3,6-7,12-13,15-16H2,1-2H3/t24-/m1/s1. The SMILES string of the molecule is Cc1ccc(C(=O)C[C@]2(O)C(=O)N(CN3CCCCC3)c3ccccc32)c(C)c1. The van der Waals surface area contributed by atoms with Crippen molar-refractivity contribution < 1.29 is 14.7 Å². The molecule has 2 heterocycles. The van der Waals surface area contributed by atoms with E-state index in [-0.39, 0.29) is 12.2 Å². The topological polar surface area (TPSA) is 60.9 Å². The van der Waals surface area contributed by atoms with Gasteiger partial charge in [-0.1, -0.05) is 48.4 Å². The van der Waals surface area contributed by atoms with Crippen LogP contribution in [0.1, 0.15) is 52.7 Å². The molecule has 1 N–H and O–H groups in total. The van der Waals surface area contributed by atoms with Gasteiger partial charge >= 0.3 is 0 Å². The Balaban J connectivity index is 1.63. The minimum atomic E-state index is -1.82. The number of rotatable bonds is 5. The largest absolute Gasteiger partial charge is 0.375 e. The number of piperidine rings is 1. The molecule has 4 rings (SSSR count). The molecule has 152 valence electrons. The number of nitrogens with zero attached hydrogens (tertiary/aromatic N) is 2. The van der Waals surface area contributed by atoms with Crippen molar-refractivity contribution in [1.29, 1.82) is 0 Å². The first kappa shape index (κ1) is 19.8. The predicted molar refractivity (Wildman–Crippen MR) is 113 cm³/mol. The van der Waals surface area contributed by atoms with Crippen LogP contribution in [0.15, 0.2) is 42.5 Å². The van der Waals surface area contributed by atoms with Gasteiger partial charge in [0.05, 0.1) is 18.8 Å². The van der Waals surface area contributed by atoms with Crippen molar-refractivity contribution in [3.8, 4) is 0 Å². The molecule has 2 aromatic carbocycles. The van der Waals surface area contributed by atoms with Crippen molar-refractivity contribution in [2.24, 2.45) is 0 Å². The lowest BCUT2D eigenvalue weighted by Crippen LogP contribution is -2.47. The number of fused-ring (bicyclic) bond motifs is 1. The number of benzene rings is 2. The molecule has 2 aliphatic rings. The summed E-state index contributed by atoms with van der Waals surface area (Å²) < 4.78 is 0. The van der Waals surface area contributed by atoms with Gasteiger partial charge in [-0.25, -0.2) is 0 Å². The Morgan fingerprint density at radius 3 is 2.52 bits per heavy atom. The smallest absolute Gasteiger partial charge is 0.265 e. The first-order valence-corrected chi connectivity index (χ1v) is 10.4. The van der Waals surface area contributed by atoms with Gasteiger partial charge in [-0.05, 0) is 51.4 Å². The third kappa shape index (κ3) is 3.61. The molecule has 1 fully saturated rings. The molecule has 1 amide bonds. The number of para-hydroxylation sites is 1. The minimum Gasteiger partial charge on any atom is -0.375 e. The average molecular weight is 392 g/mol. The summed E-state index contributed by atoms with van der Waals surface area (Å²) in [4.78, 5) is 30.3. The van der Waals surface area contributed by atoms with E-state index < -0.39 is 11.5 Å². The van der Waals surface area contributed by atoms with E-state index in [1.807, 2.05) is 44.2 Å². The number of anilines is 1. The Hall–Kier alpha value is -2.50. The van der Waals surface area contributed by atoms with Gasteiger partial charge in [0, 0.05) is 11.1 Å². The highest BCUT2D eigenvalue weighted by molar-refractivity contribution is 6.11. The van der Waals surface area contributed by atoms with Crippen LogP contribution in [0, 0.1) is 13.8 Å². The number of Topliss-reactive ketones (excluding diaryl/α,β-unsaturated/α-hetero) is 1. The molecular weight excluding hydrogens is 364 g/mol. The van der Waals surface area contributed by atoms with E-state index in [0.29, 0.717) is 23.5 Å². The minimum absolute atomic E-state index is 0.215. The molecule has 29 heavy (non-hydrogen) atoms. The second-order valence-corrected chi connectivity index (χ2v) is 8.35. The average Bonchev–Trinajstić information content (AvgIpc) is 2.91. The zero-order valence-corrected chi connectivity index (χ0v) is 17.1. The molecule has 5 heteroatoms. The molecule has 0 unspecified atom stereocenters. The van der Waals surface area contributed by atoms with E-state index in [2.05, 4.69) is 4.90 Å². The first-order valence-electron chi connectivity index (χ1n) is 10.4. The van der Waals surface area contributed by atoms with Gasteiger partial charge in [-0.3, -0.25) is 19.4 Å². The van der Waals surface area contributed by atoms with Gasteiger partial charge in [-0.15, -0.1) is 0 Å². The van der Waals surface area contributed by atoms with E-state index in [9.17, 15) is 14.7 Å². The van der Waals surface area contributed by atoms with Crippen LogP contribution < -0.4 is 4.90 Å². The number of hydrogen-bond donors (Lipinski definition) is 1. The highest BCUT2D eigenvalue weighted by Gasteiger charge is 2.51. The van der Waals surface area contributed by atoms with Crippen LogP contribution in [-0.2, 0) is 10.4 Å².